The van der Waals surface area contributed by atoms with Crippen molar-refractivity contribution in [1.29, 1.82) is 0 Å². The third-order valence-electron chi connectivity index (χ3n) is 3.57. The molecule has 0 aromatic heterocycles. The quantitative estimate of drug-likeness (QED) is 0.564. The van der Waals surface area contributed by atoms with Gasteiger partial charge in [-0.25, -0.2) is 0 Å². The zero-order valence-corrected chi connectivity index (χ0v) is 8.63. The van der Waals surface area contributed by atoms with E-state index in [0.717, 1.165) is 11.8 Å². The standard InChI is InChI=1S/C13H20/c1-11-7-9-13(10-8-11)12-5-3-2-4-6-12/h7-9,12-13H,2-6,10H2,1H3. The molecule has 0 aromatic rings. The molecule has 0 spiro atoms. The van der Waals surface area contributed by atoms with Gasteiger partial charge in [0.25, 0.3) is 0 Å². The molecule has 0 aliphatic heterocycles. The molecule has 2 aliphatic carbocycles. The van der Waals surface area contributed by atoms with Gasteiger partial charge in [0.15, 0.2) is 0 Å². The van der Waals surface area contributed by atoms with Gasteiger partial charge >= 0.3 is 0 Å². The van der Waals surface area contributed by atoms with E-state index in [4.69, 9.17) is 0 Å². The zero-order chi connectivity index (χ0) is 9.10. The summed E-state index contributed by atoms with van der Waals surface area (Å²) in [4.78, 5) is 0. The maximum absolute atomic E-state index is 2.45. The molecule has 0 heteroatoms. The van der Waals surface area contributed by atoms with Gasteiger partial charge in [-0.3, -0.25) is 0 Å². The molecule has 1 atom stereocenters. The second-order valence-electron chi connectivity index (χ2n) is 4.60. The van der Waals surface area contributed by atoms with E-state index < -0.39 is 0 Å². The lowest BCUT2D eigenvalue weighted by Gasteiger charge is -2.29. The van der Waals surface area contributed by atoms with Crippen LogP contribution in [0.4, 0.5) is 0 Å². The van der Waals surface area contributed by atoms with E-state index in [-0.39, 0.29) is 0 Å². The van der Waals surface area contributed by atoms with Gasteiger partial charge in [0.2, 0.25) is 0 Å². The van der Waals surface area contributed by atoms with Crippen LogP contribution in [0.1, 0.15) is 45.4 Å². The van der Waals surface area contributed by atoms with Gasteiger partial charge in [0, 0.05) is 0 Å². The second kappa shape index (κ2) is 4.13. The van der Waals surface area contributed by atoms with Crippen molar-refractivity contribution in [2.45, 2.75) is 45.4 Å². The molecule has 0 nitrogen and oxygen atoms in total. The average molecular weight is 176 g/mol. The highest BCUT2D eigenvalue weighted by Crippen LogP contribution is 2.34. The Morgan fingerprint density at radius 1 is 1.15 bits per heavy atom. The van der Waals surface area contributed by atoms with Gasteiger partial charge in [-0.15, -0.1) is 0 Å². The summed E-state index contributed by atoms with van der Waals surface area (Å²) >= 11 is 0. The monoisotopic (exact) mass is 176 g/mol. The highest BCUT2D eigenvalue weighted by atomic mass is 14.3. The molecule has 0 radical (unpaired) electrons. The Balaban J connectivity index is 1.91. The van der Waals surface area contributed by atoms with Crippen LogP contribution in [0.15, 0.2) is 23.8 Å². The number of hydrogen-bond acceptors (Lipinski definition) is 0. The fourth-order valence-electron chi connectivity index (χ4n) is 2.66. The molecule has 2 aliphatic rings. The molecular weight excluding hydrogens is 156 g/mol. The van der Waals surface area contributed by atoms with Crippen molar-refractivity contribution in [3.05, 3.63) is 23.8 Å². The predicted molar refractivity (Wildman–Crippen MR) is 57.6 cm³/mol. The van der Waals surface area contributed by atoms with E-state index >= 15 is 0 Å². The van der Waals surface area contributed by atoms with E-state index in [1.807, 2.05) is 0 Å². The highest BCUT2D eigenvalue weighted by Gasteiger charge is 2.21. The third kappa shape index (κ3) is 2.24. The van der Waals surface area contributed by atoms with E-state index in [0.29, 0.717) is 0 Å². The molecule has 1 saturated carbocycles. The van der Waals surface area contributed by atoms with Crippen LogP contribution in [0.3, 0.4) is 0 Å². The minimum Gasteiger partial charge on any atom is -0.0810 e. The van der Waals surface area contributed by atoms with Crippen LogP contribution in [-0.4, -0.2) is 0 Å². The van der Waals surface area contributed by atoms with Crippen LogP contribution in [0, 0.1) is 11.8 Å². The van der Waals surface area contributed by atoms with E-state index in [2.05, 4.69) is 25.2 Å². The van der Waals surface area contributed by atoms with Crippen molar-refractivity contribution < 1.29 is 0 Å². The number of allylic oxidation sites excluding steroid dienone is 4. The van der Waals surface area contributed by atoms with Crippen molar-refractivity contribution >= 4 is 0 Å². The Labute approximate surface area is 81.7 Å². The second-order valence-corrected chi connectivity index (χ2v) is 4.60. The van der Waals surface area contributed by atoms with E-state index in [9.17, 15) is 0 Å². The Bertz CT molecular complexity index is 216. The van der Waals surface area contributed by atoms with E-state index in [1.54, 1.807) is 0 Å². The molecule has 0 aromatic carbocycles. The van der Waals surface area contributed by atoms with Crippen molar-refractivity contribution in [2.24, 2.45) is 11.8 Å². The van der Waals surface area contributed by atoms with Gasteiger partial charge in [0.1, 0.15) is 0 Å². The van der Waals surface area contributed by atoms with Gasteiger partial charge in [-0.1, -0.05) is 43.1 Å². The predicted octanol–water partition coefficient (Wildman–Crippen LogP) is 4.09. The Morgan fingerprint density at radius 3 is 2.54 bits per heavy atom. The first-order valence-electron chi connectivity index (χ1n) is 5.71. The first-order chi connectivity index (χ1) is 6.36. The van der Waals surface area contributed by atoms with Crippen LogP contribution >= 0.6 is 0 Å². The van der Waals surface area contributed by atoms with Crippen LogP contribution in [-0.2, 0) is 0 Å². The summed E-state index contributed by atoms with van der Waals surface area (Å²) in [5.41, 5.74) is 1.45. The smallest absolute Gasteiger partial charge is 0.0167 e. The normalized spacial score (nSPS) is 30.2. The molecule has 1 fully saturated rings. The summed E-state index contributed by atoms with van der Waals surface area (Å²) in [6.45, 7) is 2.20. The zero-order valence-electron chi connectivity index (χ0n) is 8.63. The fourth-order valence-corrected chi connectivity index (χ4v) is 2.66. The van der Waals surface area contributed by atoms with Gasteiger partial charge in [0.05, 0.1) is 0 Å². The third-order valence-corrected chi connectivity index (χ3v) is 3.57. The largest absolute Gasteiger partial charge is 0.0810 e. The van der Waals surface area contributed by atoms with Gasteiger partial charge in [-0.05, 0) is 38.0 Å². The van der Waals surface area contributed by atoms with Crippen LogP contribution in [0.5, 0.6) is 0 Å². The first-order valence-corrected chi connectivity index (χ1v) is 5.71. The molecule has 72 valence electrons. The van der Waals surface area contributed by atoms with Crippen molar-refractivity contribution in [1.82, 2.24) is 0 Å². The van der Waals surface area contributed by atoms with Gasteiger partial charge < -0.3 is 0 Å². The van der Waals surface area contributed by atoms with Crippen molar-refractivity contribution in [3.8, 4) is 0 Å². The van der Waals surface area contributed by atoms with Crippen LogP contribution in [0.2, 0.25) is 0 Å². The Morgan fingerprint density at radius 2 is 1.92 bits per heavy atom. The summed E-state index contributed by atoms with van der Waals surface area (Å²) in [5, 5.41) is 0. The lowest BCUT2D eigenvalue weighted by molar-refractivity contribution is 0.285. The molecular formula is C13H20. The highest BCUT2D eigenvalue weighted by molar-refractivity contribution is 5.21. The lowest BCUT2D eigenvalue weighted by atomic mass is 9.77. The first kappa shape index (κ1) is 9.05. The summed E-state index contributed by atoms with van der Waals surface area (Å²) in [6, 6.07) is 0. The van der Waals surface area contributed by atoms with Crippen LogP contribution < -0.4 is 0 Å². The van der Waals surface area contributed by atoms with Gasteiger partial charge in [-0.2, -0.15) is 0 Å². The summed E-state index contributed by atoms with van der Waals surface area (Å²) in [6.07, 6.45) is 15.8. The average Bonchev–Trinajstić information content (AvgIpc) is 2.20. The molecule has 0 bridgehead atoms. The molecule has 0 saturated heterocycles. The number of hydrogen-bond donors (Lipinski definition) is 0. The summed E-state index contributed by atoms with van der Waals surface area (Å²) < 4.78 is 0. The fraction of sp³-hybridized carbons (Fsp3) is 0.692. The van der Waals surface area contributed by atoms with E-state index in [1.165, 1.54) is 44.1 Å². The maximum Gasteiger partial charge on any atom is -0.0167 e. The molecule has 13 heavy (non-hydrogen) atoms. The van der Waals surface area contributed by atoms with Crippen LogP contribution in [0.25, 0.3) is 0 Å². The lowest BCUT2D eigenvalue weighted by Crippen LogP contribution is -2.16. The Hall–Kier alpha value is -0.520. The SMILES string of the molecule is CC1=CCC(C2CCCCC2)C=C1. The maximum atomic E-state index is 2.45. The molecule has 0 N–H and O–H groups in total. The molecule has 2 rings (SSSR count). The molecule has 1 unspecified atom stereocenters. The van der Waals surface area contributed by atoms with Crippen molar-refractivity contribution in [3.63, 3.8) is 0 Å². The Kier molecular flexibility index (Phi) is 2.87. The number of rotatable bonds is 1. The summed E-state index contributed by atoms with van der Waals surface area (Å²) in [7, 11) is 0. The topological polar surface area (TPSA) is 0 Å². The summed E-state index contributed by atoms with van der Waals surface area (Å²) in [5.74, 6) is 1.86. The molecule has 0 heterocycles. The minimum atomic E-state index is 0.865. The minimum absolute atomic E-state index is 0.865. The van der Waals surface area contributed by atoms with Crippen molar-refractivity contribution in [2.75, 3.05) is 0 Å². The molecule has 0 amide bonds.